The molecule has 0 fully saturated rings. The Hall–Kier alpha value is 0.700. The molecule has 2 radical (unpaired) electrons. The molecule has 0 amide bonds. The van der Waals surface area contributed by atoms with Crippen molar-refractivity contribution in [3.63, 3.8) is 0 Å². The smallest absolute Gasteiger partial charge is 0.0466 e. The second kappa shape index (κ2) is 9.20. The van der Waals surface area contributed by atoms with Crippen LogP contribution in [-0.2, 0) is 27.1 Å². The van der Waals surface area contributed by atoms with Gasteiger partial charge in [0, 0.05) is 35.6 Å². The van der Waals surface area contributed by atoms with Gasteiger partial charge in [-0.2, -0.15) is 0 Å². The van der Waals surface area contributed by atoms with Crippen molar-refractivity contribution in [3.05, 3.63) is 6.92 Å². The van der Waals surface area contributed by atoms with E-state index in [1.807, 2.05) is 6.92 Å². The van der Waals surface area contributed by atoms with Gasteiger partial charge in [0.1, 0.15) is 0 Å². The maximum absolute atomic E-state index is 4.72. The van der Waals surface area contributed by atoms with E-state index >= 15 is 0 Å². The van der Waals surface area contributed by atoms with Crippen molar-refractivity contribution in [1.29, 1.82) is 0 Å². The van der Waals surface area contributed by atoms with E-state index in [0.717, 1.165) is 6.61 Å². The van der Waals surface area contributed by atoms with Gasteiger partial charge in [-0.25, -0.2) is 0 Å². The molecule has 0 atom stereocenters. The van der Waals surface area contributed by atoms with E-state index in [1.54, 1.807) is 0 Å². The van der Waals surface area contributed by atoms with Crippen LogP contribution >= 0.6 is 0 Å². The van der Waals surface area contributed by atoms with Crippen LogP contribution in [0.15, 0.2) is 0 Å². The van der Waals surface area contributed by atoms with Crippen molar-refractivity contribution in [3.8, 4) is 0 Å². The van der Waals surface area contributed by atoms with Gasteiger partial charge in [-0.15, -0.1) is 0 Å². The Morgan fingerprint density at radius 3 is 2.17 bits per heavy atom. The maximum Gasteiger partial charge on any atom is 0.0466 e. The standard InChI is InChI=1S/C4H9O.Au/c1-3-5-4-2;/h1,3-4H2,2H3;. The Kier molecular flexibility index (Phi) is 15.1. The maximum atomic E-state index is 4.72. The minimum absolute atomic E-state index is 0. The van der Waals surface area contributed by atoms with Gasteiger partial charge in [0.15, 0.2) is 0 Å². The van der Waals surface area contributed by atoms with Crippen molar-refractivity contribution >= 4 is 0 Å². The fourth-order valence-electron chi connectivity index (χ4n) is 0.144. The summed E-state index contributed by atoms with van der Waals surface area (Å²) < 4.78 is 4.72. The molecule has 0 bridgehead atoms. The SMILES string of the molecule is [Au].[CH2]COCC. The second-order valence-electron chi connectivity index (χ2n) is 0.697. The van der Waals surface area contributed by atoms with Gasteiger partial charge < -0.3 is 4.74 Å². The molecule has 0 unspecified atom stereocenters. The molecule has 0 spiro atoms. The van der Waals surface area contributed by atoms with Gasteiger partial charge in [-0.1, -0.05) is 0 Å². The van der Waals surface area contributed by atoms with Crippen molar-refractivity contribution < 1.29 is 27.1 Å². The molecule has 0 aromatic rings. The summed E-state index contributed by atoms with van der Waals surface area (Å²) in [7, 11) is 0. The molecule has 0 aromatic carbocycles. The van der Waals surface area contributed by atoms with E-state index in [1.165, 1.54) is 0 Å². The molecule has 0 N–H and O–H groups in total. The summed E-state index contributed by atoms with van der Waals surface area (Å²) >= 11 is 0. The quantitative estimate of drug-likeness (QED) is 0.676. The van der Waals surface area contributed by atoms with E-state index in [-0.39, 0.29) is 22.4 Å². The third-order valence-corrected chi connectivity index (χ3v) is 0.348. The van der Waals surface area contributed by atoms with Crippen molar-refractivity contribution in [2.75, 3.05) is 13.2 Å². The third kappa shape index (κ3) is 8.83. The summed E-state index contributed by atoms with van der Waals surface area (Å²) in [5.41, 5.74) is 0. The van der Waals surface area contributed by atoms with Crippen LogP contribution in [0, 0.1) is 6.92 Å². The normalized spacial score (nSPS) is 7.00. The third-order valence-electron chi connectivity index (χ3n) is 0.348. The molecule has 0 saturated carbocycles. The molecular weight excluding hydrogens is 261 g/mol. The Bertz CT molecular complexity index is 15.0. The monoisotopic (exact) mass is 270 g/mol. The fourth-order valence-corrected chi connectivity index (χ4v) is 0.144. The van der Waals surface area contributed by atoms with Crippen LogP contribution in [0.4, 0.5) is 0 Å². The molecule has 42 valence electrons. The number of rotatable bonds is 2. The molecule has 0 saturated heterocycles. The van der Waals surface area contributed by atoms with Crippen LogP contribution in [0.1, 0.15) is 6.92 Å². The van der Waals surface area contributed by atoms with Gasteiger partial charge in [-0.05, 0) is 13.8 Å². The first kappa shape index (κ1) is 9.85. The Morgan fingerprint density at radius 2 is 2.17 bits per heavy atom. The average molecular weight is 270 g/mol. The van der Waals surface area contributed by atoms with Crippen LogP contribution in [0.2, 0.25) is 0 Å². The topological polar surface area (TPSA) is 9.23 Å². The summed E-state index contributed by atoms with van der Waals surface area (Å²) in [6.45, 7) is 6.78. The summed E-state index contributed by atoms with van der Waals surface area (Å²) in [6.07, 6.45) is 0. The van der Waals surface area contributed by atoms with Crippen LogP contribution in [0.3, 0.4) is 0 Å². The first-order valence-corrected chi connectivity index (χ1v) is 1.78. The molecule has 0 heterocycles. The Morgan fingerprint density at radius 1 is 1.67 bits per heavy atom. The zero-order valence-corrected chi connectivity index (χ0v) is 6.00. The largest absolute Gasteiger partial charge is 0.382 e. The first-order valence-electron chi connectivity index (χ1n) is 1.78. The zero-order valence-electron chi connectivity index (χ0n) is 3.83. The van der Waals surface area contributed by atoms with Gasteiger partial charge in [0.2, 0.25) is 0 Å². The number of hydrogen-bond acceptors (Lipinski definition) is 1. The molecule has 0 aliphatic heterocycles. The van der Waals surface area contributed by atoms with Gasteiger partial charge >= 0.3 is 0 Å². The van der Waals surface area contributed by atoms with Gasteiger partial charge in [-0.3, -0.25) is 0 Å². The van der Waals surface area contributed by atoms with Crippen molar-refractivity contribution in [1.82, 2.24) is 0 Å². The summed E-state index contributed by atoms with van der Waals surface area (Å²) in [5, 5.41) is 0. The molecule has 0 rings (SSSR count). The predicted octanol–water partition coefficient (Wildman–Crippen LogP) is 0.854. The summed E-state index contributed by atoms with van der Waals surface area (Å²) in [5.74, 6) is 0. The molecule has 0 aliphatic carbocycles. The molecule has 0 aromatic heterocycles. The van der Waals surface area contributed by atoms with Crippen molar-refractivity contribution in [2.45, 2.75) is 6.92 Å². The van der Waals surface area contributed by atoms with E-state index < -0.39 is 0 Å². The average Bonchev–Trinajstić information content (AvgIpc) is 1.41. The summed E-state index contributed by atoms with van der Waals surface area (Å²) in [4.78, 5) is 0. The van der Waals surface area contributed by atoms with Gasteiger partial charge in [0.25, 0.3) is 0 Å². The van der Waals surface area contributed by atoms with Crippen LogP contribution in [0.5, 0.6) is 0 Å². The second-order valence-corrected chi connectivity index (χ2v) is 0.697. The van der Waals surface area contributed by atoms with E-state index in [4.69, 9.17) is 4.74 Å². The molecule has 6 heavy (non-hydrogen) atoms. The fraction of sp³-hybridized carbons (Fsp3) is 0.750. The Balaban J connectivity index is 0. The van der Waals surface area contributed by atoms with Crippen LogP contribution in [0.25, 0.3) is 0 Å². The van der Waals surface area contributed by atoms with E-state index in [2.05, 4.69) is 6.92 Å². The zero-order chi connectivity index (χ0) is 4.12. The van der Waals surface area contributed by atoms with Crippen LogP contribution in [-0.4, -0.2) is 13.2 Å². The molecule has 0 aliphatic rings. The van der Waals surface area contributed by atoms with E-state index in [0.29, 0.717) is 6.61 Å². The summed E-state index contributed by atoms with van der Waals surface area (Å²) in [6, 6.07) is 0. The first-order chi connectivity index (χ1) is 2.41. The molecule has 2 heteroatoms. The molecular formula is C4H9AuO. The minimum Gasteiger partial charge on any atom is -0.382 e. The van der Waals surface area contributed by atoms with Crippen LogP contribution < -0.4 is 0 Å². The number of ether oxygens (including phenoxy) is 1. The van der Waals surface area contributed by atoms with Gasteiger partial charge in [0.05, 0.1) is 0 Å². The number of hydrogen-bond donors (Lipinski definition) is 0. The molecule has 1 nitrogen and oxygen atoms in total. The minimum atomic E-state index is 0. The van der Waals surface area contributed by atoms with E-state index in [9.17, 15) is 0 Å². The van der Waals surface area contributed by atoms with Crippen molar-refractivity contribution in [2.24, 2.45) is 0 Å². The Labute approximate surface area is 54.6 Å². The predicted molar refractivity (Wildman–Crippen MR) is 21.8 cm³/mol.